The summed E-state index contributed by atoms with van der Waals surface area (Å²) >= 11 is 0. The van der Waals surface area contributed by atoms with Crippen LogP contribution in [-0.4, -0.2) is 25.7 Å². The quantitative estimate of drug-likeness (QED) is 0.735. The van der Waals surface area contributed by atoms with Gasteiger partial charge in [0.1, 0.15) is 0 Å². The van der Waals surface area contributed by atoms with Crippen LogP contribution in [0.1, 0.15) is 22.3 Å². The van der Waals surface area contributed by atoms with Crippen LogP contribution in [0, 0.1) is 12.8 Å². The standard InChI is InChI=1S/C12H14O3S/c1-9-2-4-10(5-3-9)12(13)11-6-7-16(14,15)8-11/h2-5,11H,6-8H2,1H3. The van der Waals surface area contributed by atoms with Crippen molar-refractivity contribution in [1.82, 2.24) is 0 Å². The molecule has 3 nitrogen and oxygen atoms in total. The van der Waals surface area contributed by atoms with E-state index in [1.165, 1.54) is 0 Å². The Morgan fingerprint density at radius 1 is 1.25 bits per heavy atom. The molecule has 2 rings (SSSR count). The first kappa shape index (κ1) is 11.3. The summed E-state index contributed by atoms with van der Waals surface area (Å²) in [6, 6.07) is 7.28. The molecule has 1 heterocycles. The van der Waals surface area contributed by atoms with E-state index in [1.54, 1.807) is 12.1 Å². The van der Waals surface area contributed by atoms with Crippen LogP contribution < -0.4 is 0 Å². The van der Waals surface area contributed by atoms with E-state index in [0.29, 0.717) is 12.0 Å². The summed E-state index contributed by atoms with van der Waals surface area (Å²) in [5, 5.41) is 0. The zero-order valence-electron chi connectivity index (χ0n) is 9.14. The maximum atomic E-state index is 12.0. The van der Waals surface area contributed by atoms with Crippen LogP contribution in [0.15, 0.2) is 24.3 Å². The number of aryl methyl sites for hydroxylation is 1. The van der Waals surface area contributed by atoms with Gasteiger partial charge >= 0.3 is 0 Å². The van der Waals surface area contributed by atoms with Crippen molar-refractivity contribution in [2.75, 3.05) is 11.5 Å². The Bertz CT molecular complexity index is 500. The highest BCUT2D eigenvalue weighted by Crippen LogP contribution is 2.22. The average Bonchev–Trinajstić information content (AvgIpc) is 2.59. The molecule has 1 aromatic carbocycles. The lowest BCUT2D eigenvalue weighted by Crippen LogP contribution is -2.16. The minimum absolute atomic E-state index is 0.0136. The number of ketones is 1. The molecule has 0 bridgehead atoms. The minimum Gasteiger partial charge on any atom is -0.294 e. The van der Waals surface area contributed by atoms with Gasteiger partial charge < -0.3 is 0 Å². The maximum Gasteiger partial charge on any atom is 0.166 e. The SMILES string of the molecule is Cc1ccc(C(=O)C2CCS(=O)(=O)C2)cc1. The topological polar surface area (TPSA) is 51.2 Å². The van der Waals surface area contributed by atoms with Gasteiger partial charge in [0.25, 0.3) is 0 Å². The highest BCUT2D eigenvalue weighted by atomic mass is 32.2. The fourth-order valence-electron chi connectivity index (χ4n) is 1.96. The van der Waals surface area contributed by atoms with E-state index in [0.717, 1.165) is 5.56 Å². The molecule has 0 aliphatic carbocycles. The fourth-order valence-corrected chi connectivity index (χ4v) is 3.70. The minimum atomic E-state index is -2.98. The lowest BCUT2D eigenvalue weighted by atomic mass is 9.97. The molecule has 0 radical (unpaired) electrons. The van der Waals surface area contributed by atoms with Crippen LogP contribution in [0.5, 0.6) is 0 Å². The highest BCUT2D eigenvalue weighted by molar-refractivity contribution is 7.91. The van der Waals surface area contributed by atoms with Crippen molar-refractivity contribution in [1.29, 1.82) is 0 Å². The molecule has 1 aliphatic rings. The van der Waals surface area contributed by atoms with Gasteiger partial charge in [-0.25, -0.2) is 8.42 Å². The van der Waals surface area contributed by atoms with Crippen LogP contribution in [0.4, 0.5) is 0 Å². The van der Waals surface area contributed by atoms with Gasteiger partial charge in [0, 0.05) is 11.5 Å². The van der Waals surface area contributed by atoms with Crippen LogP contribution in [0.3, 0.4) is 0 Å². The summed E-state index contributed by atoms with van der Waals surface area (Å²) in [6.07, 6.45) is 0.467. The second kappa shape index (κ2) is 4.01. The number of sulfone groups is 1. The fraction of sp³-hybridized carbons (Fsp3) is 0.417. The first-order valence-corrected chi connectivity index (χ1v) is 7.11. The number of benzene rings is 1. The number of carbonyl (C=O) groups excluding carboxylic acids is 1. The highest BCUT2D eigenvalue weighted by Gasteiger charge is 2.33. The summed E-state index contributed by atoms with van der Waals surface area (Å²) in [7, 11) is -2.98. The second-order valence-electron chi connectivity index (χ2n) is 4.33. The molecule has 1 saturated heterocycles. The predicted molar refractivity (Wildman–Crippen MR) is 62.3 cm³/mol. The molecule has 1 unspecified atom stereocenters. The van der Waals surface area contributed by atoms with Crippen LogP contribution in [-0.2, 0) is 9.84 Å². The number of hydrogen-bond acceptors (Lipinski definition) is 3. The maximum absolute atomic E-state index is 12.0. The van der Waals surface area contributed by atoms with E-state index >= 15 is 0 Å². The molecule has 1 aromatic rings. The molecule has 86 valence electrons. The second-order valence-corrected chi connectivity index (χ2v) is 6.56. The van der Waals surface area contributed by atoms with Gasteiger partial charge in [0.05, 0.1) is 11.5 Å². The third-order valence-electron chi connectivity index (χ3n) is 2.94. The largest absolute Gasteiger partial charge is 0.294 e. The molecule has 1 aliphatic heterocycles. The van der Waals surface area contributed by atoms with Gasteiger partial charge in [-0.1, -0.05) is 29.8 Å². The molecule has 0 spiro atoms. The summed E-state index contributed by atoms with van der Waals surface area (Å²) in [5.41, 5.74) is 1.71. The van der Waals surface area contributed by atoms with E-state index in [1.807, 2.05) is 19.1 Å². The third-order valence-corrected chi connectivity index (χ3v) is 4.71. The molecule has 4 heteroatoms. The number of Topliss-reactive ketones (excluding diaryl/α,β-unsaturated/α-hetero) is 1. The lowest BCUT2D eigenvalue weighted by Gasteiger charge is -2.06. The van der Waals surface area contributed by atoms with Crippen molar-refractivity contribution in [3.05, 3.63) is 35.4 Å². The van der Waals surface area contributed by atoms with Crippen molar-refractivity contribution in [3.8, 4) is 0 Å². The zero-order chi connectivity index (χ0) is 11.8. The molecule has 1 fully saturated rings. The van der Waals surface area contributed by atoms with Crippen molar-refractivity contribution in [3.63, 3.8) is 0 Å². The Morgan fingerprint density at radius 2 is 1.88 bits per heavy atom. The van der Waals surface area contributed by atoms with Gasteiger partial charge in [-0.15, -0.1) is 0 Å². The van der Waals surface area contributed by atoms with E-state index in [9.17, 15) is 13.2 Å². The van der Waals surface area contributed by atoms with E-state index < -0.39 is 9.84 Å². The zero-order valence-corrected chi connectivity index (χ0v) is 9.96. The lowest BCUT2D eigenvalue weighted by molar-refractivity contribution is 0.0933. The predicted octanol–water partition coefficient (Wildman–Crippen LogP) is 1.61. The normalized spacial score (nSPS) is 23.2. The molecule has 1 atom stereocenters. The number of rotatable bonds is 2. The molecular formula is C12H14O3S. The van der Waals surface area contributed by atoms with E-state index in [2.05, 4.69) is 0 Å². The van der Waals surface area contributed by atoms with E-state index in [-0.39, 0.29) is 23.2 Å². The van der Waals surface area contributed by atoms with Crippen LogP contribution in [0.2, 0.25) is 0 Å². The molecule has 16 heavy (non-hydrogen) atoms. The summed E-state index contributed by atoms with van der Waals surface area (Å²) in [5.74, 6) is -0.219. The van der Waals surface area contributed by atoms with Crippen molar-refractivity contribution >= 4 is 15.6 Å². The van der Waals surface area contributed by atoms with Crippen molar-refractivity contribution in [2.24, 2.45) is 5.92 Å². The molecule has 0 amide bonds. The van der Waals surface area contributed by atoms with Gasteiger partial charge in [0.15, 0.2) is 15.6 Å². The van der Waals surface area contributed by atoms with Gasteiger partial charge in [-0.2, -0.15) is 0 Å². The Morgan fingerprint density at radius 3 is 2.38 bits per heavy atom. The third kappa shape index (κ3) is 2.32. The van der Waals surface area contributed by atoms with Gasteiger partial charge in [-0.3, -0.25) is 4.79 Å². The summed E-state index contributed by atoms with van der Waals surface area (Å²) < 4.78 is 22.6. The smallest absolute Gasteiger partial charge is 0.166 e. The first-order chi connectivity index (χ1) is 7.48. The Kier molecular flexibility index (Phi) is 2.84. The molecule has 0 saturated carbocycles. The van der Waals surface area contributed by atoms with Crippen LogP contribution >= 0.6 is 0 Å². The van der Waals surface area contributed by atoms with Crippen LogP contribution in [0.25, 0.3) is 0 Å². The Balaban J connectivity index is 2.18. The summed E-state index contributed by atoms with van der Waals surface area (Å²) in [6.45, 7) is 1.95. The number of hydrogen-bond donors (Lipinski definition) is 0. The van der Waals surface area contributed by atoms with Crippen molar-refractivity contribution < 1.29 is 13.2 Å². The molecule has 0 N–H and O–H groups in total. The number of carbonyl (C=O) groups is 1. The van der Waals surface area contributed by atoms with Gasteiger partial charge in [-0.05, 0) is 13.3 Å². The average molecular weight is 238 g/mol. The monoisotopic (exact) mass is 238 g/mol. The Labute approximate surface area is 95.4 Å². The van der Waals surface area contributed by atoms with Gasteiger partial charge in [0.2, 0.25) is 0 Å². The van der Waals surface area contributed by atoms with E-state index in [4.69, 9.17) is 0 Å². The van der Waals surface area contributed by atoms with Crippen molar-refractivity contribution in [2.45, 2.75) is 13.3 Å². The molecular weight excluding hydrogens is 224 g/mol. The molecule has 0 aromatic heterocycles. The summed E-state index contributed by atoms with van der Waals surface area (Å²) in [4.78, 5) is 12.0. The first-order valence-electron chi connectivity index (χ1n) is 5.29. The Hall–Kier alpha value is -1.16.